The van der Waals surface area contributed by atoms with Gasteiger partial charge in [0.2, 0.25) is 0 Å². The second kappa shape index (κ2) is 23.2. The van der Waals surface area contributed by atoms with Gasteiger partial charge in [0.25, 0.3) is 5.96 Å². The van der Waals surface area contributed by atoms with Crippen molar-refractivity contribution in [1.82, 2.24) is 48.9 Å². The average molecular weight is 1070 g/mol. The van der Waals surface area contributed by atoms with Gasteiger partial charge in [-0.3, -0.25) is 4.99 Å². The quantitative estimate of drug-likeness (QED) is 0.0504. The molecular weight excluding hydrogens is 1010 g/mol. The van der Waals surface area contributed by atoms with Crippen molar-refractivity contribution >= 4 is 64.2 Å². The van der Waals surface area contributed by atoms with Crippen molar-refractivity contribution in [3.63, 3.8) is 0 Å². The molecule has 5 heterocycles. The van der Waals surface area contributed by atoms with Crippen LogP contribution in [0, 0.1) is 40.9 Å². The third kappa shape index (κ3) is 11.9. The van der Waals surface area contributed by atoms with Gasteiger partial charge in [-0.05, 0) is 64.0 Å². The number of nitrogens with zero attached hydrogens (tertiary/aromatic N) is 22. The fourth-order valence-electron chi connectivity index (χ4n) is 7.92. The number of nitrogens with two attached hydrogens (primary N) is 2. The van der Waals surface area contributed by atoms with Crippen LogP contribution in [0.25, 0.3) is 17.2 Å². The van der Waals surface area contributed by atoms with Crippen molar-refractivity contribution in [3.8, 4) is 29.6 Å². The summed E-state index contributed by atoms with van der Waals surface area (Å²) in [4.78, 5) is 14.5. The van der Waals surface area contributed by atoms with Crippen molar-refractivity contribution in [2.75, 3.05) is 18.5 Å². The normalized spacial score (nSPS) is 13.7. The van der Waals surface area contributed by atoms with Crippen molar-refractivity contribution in [1.29, 1.82) is 15.8 Å². The summed E-state index contributed by atoms with van der Waals surface area (Å²) in [6, 6.07) is 25.0. The number of allylic oxidation sites excluding steroid dienone is 3. The zero-order valence-electron chi connectivity index (χ0n) is 47.7. The van der Waals surface area contributed by atoms with E-state index >= 15 is 0 Å². The molecule has 7 rings (SSSR count). The maximum Gasteiger partial charge on any atom is 0.256 e. The first-order chi connectivity index (χ1) is 37.9. The third-order valence-electron chi connectivity index (χ3n) is 12.4. The Labute approximate surface area is 464 Å². The summed E-state index contributed by atoms with van der Waals surface area (Å²) in [5, 5.41) is 82.0. The predicted octanol–water partition coefficient (Wildman–Crippen LogP) is 12.6. The second-order valence-corrected chi connectivity index (χ2v) is 21.5. The van der Waals surface area contributed by atoms with E-state index in [1.165, 1.54) is 37.3 Å². The summed E-state index contributed by atoms with van der Waals surface area (Å²) in [5.41, 5.74) is 18.5. The molecule has 0 aliphatic rings. The van der Waals surface area contributed by atoms with Gasteiger partial charge in [0.05, 0.1) is 57.8 Å². The minimum absolute atomic E-state index is 0.00151. The Morgan fingerprint density at radius 3 is 1.50 bits per heavy atom. The van der Waals surface area contributed by atoms with Gasteiger partial charge in [-0.15, -0.1) is 25.6 Å². The fourth-order valence-corrected chi connectivity index (χ4v) is 7.92. The van der Waals surface area contributed by atoms with Gasteiger partial charge in [-0.1, -0.05) is 106 Å². The number of aromatic nitrogens is 10. The highest BCUT2D eigenvalue weighted by Gasteiger charge is 2.32. The van der Waals surface area contributed by atoms with E-state index in [-0.39, 0.29) is 63.1 Å². The number of benzene rings is 2. The molecule has 80 heavy (non-hydrogen) atoms. The molecule has 5 aromatic heterocycles. The molecule has 0 radical (unpaired) electrons. The van der Waals surface area contributed by atoms with E-state index in [9.17, 15) is 15.8 Å². The number of azo groups is 3. The Morgan fingerprint density at radius 2 is 1.06 bits per heavy atom. The van der Waals surface area contributed by atoms with Gasteiger partial charge in [-0.25, -0.2) is 18.7 Å². The van der Waals surface area contributed by atoms with Crippen molar-refractivity contribution in [3.05, 3.63) is 124 Å². The van der Waals surface area contributed by atoms with Crippen LogP contribution in [0.5, 0.6) is 0 Å². The third-order valence-corrected chi connectivity index (χ3v) is 12.4. The van der Waals surface area contributed by atoms with Gasteiger partial charge in [0.15, 0.2) is 40.5 Å². The number of para-hydroxylation sites is 2. The number of rotatable bonds is 12. The Hall–Kier alpha value is -10.2. The molecule has 0 aliphatic carbocycles. The number of nitriles is 3. The lowest BCUT2D eigenvalue weighted by molar-refractivity contribution is 0.560. The number of anilines is 2. The first-order valence-electron chi connectivity index (χ1n) is 25.5. The molecule has 0 spiro atoms. The van der Waals surface area contributed by atoms with Crippen molar-refractivity contribution in [2.45, 2.75) is 120 Å². The minimum Gasteiger partial charge on any atom is -0.382 e. The van der Waals surface area contributed by atoms with Gasteiger partial charge in [0, 0.05) is 29.5 Å². The van der Waals surface area contributed by atoms with E-state index in [0.29, 0.717) is 57.8 Å². The van der Waals surface area contributed by atoms with Gasteiger partial charge >= 0.3 is 0 Å². The summed E-state index contributed by atoms with van der Waals surface area (Å²) in [7, 11) is 1.58. The van der Waals surface area contributed by atoms with E-state index in [1.54, 1.807) is 25.6 Å². The molecule has 0 saturated carbocycles. The summed E-state index contributed by atoms with van der Waals surface area (Å²) in [6.45, 7) is 26.9. The highest BCUT2D eigenvalue weighted by Crippen LogP contribution is 2.41. The van der Waals surface area contributed by atoms with Crippen LogP contribution in [0.2, 0.25) is 0 Å². The van der Waals surface area contributed by atoms with Crippen LogP contribution in [0.1, 0.15) is 130 Å². The van der Waals surface area contributed by atoms with Gasteiger partial charge in [0.1, 0.15) is 40.9 Å². The molecule has 0 unspecified atom stereocenters. The first kappa shape index (κ1) is 57.6. The molecule has 0 saturated heterocycles. The van der Waals surface area contributed by atoms with Crippen LogP contribution in [0.4, 0.5) is 40.3 Å². The molecule has 0 fully saturated rings. The van der Waals surface area contributed by atoms with Crippen molar-refractivity contribution < 1.29 is 0 Å². The molecule has 2 aromatic carbocycles. The Balaban J connectivity index is 1.51. The predicted molar refractivity (Wildman–Crippen MR) is 309 cm³/mol. The van der Waals surface area contributed by atoms with E-state index in [4.69, 9.17) is 47.0 Å². The summed E-state index contributed by atoms with van der Waals surface area (Å²) in [5.74, 6) is 0.950. The molecule has 7 aromatic rings. The highest BCUT2D eigenvalue weighted by molar-refractivity contribution is 6.01. The number of aliphatic imine (C=N–C) groups is 3. The van der Waals surface area contributed by atoms with Gasteiger partial charge in [-0.2, -0.15) is 61.1 Å². The minimum atomic E-state index is -0.705. The Bertz CT molecular complexity index is 3850. The molecule has 24 heteroatoms. The fraction of sp³-hybridized carbons (Fsp3) is 0.339. The summed E-state index contributed by atoms with van der Waals surface area (Å²) >= 11 is 0. The maximum absolute atomic E-state index is 10.2. The monoisotopic (exact) mass is 1070 g/mol. The summed E-state index contributed by atoms with van der Waals surface area (Å²) < 4.78 is 7.53. The number of hydrogen-bond donors (Lipinski definition) is 2. The Kier molecular flexibility index (Phi) is 16.7. The van der Waals surface area contributed by atoms with Crippen LogP contribution in [-0.4, -0.2) is 74.0 Å². The molecule has 408 valence electrons. The van der Waals surface area contributed by atoms with E-state index in [0.717, 1.165) is 5.57 Å². The van der Waals surface area contributed by atoms with E-state index < -0.39 is 16.2 Å². The zero-order valence-corrected chi connectivity index (χ0v) is 47.7. The highest BCUT2D eigenvalue weighted by atomic mass is 15.5. The number of nitrogen functional groups attached to an aromatic ring is 2. The lowest BCUT2D eigenvalue weighted by Crippen LogP contribution is -2.22. The Morgan fingerprint density at radius 1 is 0.613 bits per heavy atom. The summed E-state index contributed by atoms with van der Waals surface area (Å²) in [6.07, 6.45) is 4.80. The maximum atomic E-state index is 10.2. The van der Waals surface area contributed by atoms with E-state index in [1.807, 2.05) is 144 Å². The smallest absolute Gasteiger partial charge is 0.256 e. The largest absolute Gasteiger partial charge is 0.382 e. The standard InChI is InChI=1S/C56H64N24/c1-16-33(2)50(76-35(4)42(45(73-76)54(6,7)8)68-67-34(3)37(27-57)30-62-15)66-53(80-49(61)44(47(75-80)56(12,13)14)70-72-52-39(29-59)32-64-79(52)41-25-21-18-22-26-41)65-36(5)77-48(60)43(46(74-77)55(9,10)11)69-71-51-38(28-58)31-63-78(51)40-23-19-17-20-24-40/h17-26,30-32H,16,60-61H2,1-15H3/b37-34+,50-33?,62-30?,65-36+,66-53+,68-67?,71-69?,72-70?. The molecular formula is C56H64N24. The van der Waals surface area contributed by atoms with Crippen LogP contribution in [0.3, 0.4) is 0 Å². The molecule has 0 aliphatic heterocycles. The SMILES string of the molecule is CCC(C)=C(/N=C(\N=C(/C)n1nc(C(C)(C)C)c(N=Nc2c(C#N)cnn2-c2ccccc2)c1N)n1nc(C(C)(C)C)c(N=Nc2c(C#N)cnn2-c2ccccc2)c1N)n1nc(C(C)(C)C)c(N=N/C(C)=C(\C#N)C=NC)c1C. The first-order valence-corrected chi connectivity index (χ1v) is 25.5. The zero-order chi connectivity index (χ0) is 58.4. The average Bonchev–Trinajstić information content (AvgIpc) is 4.40. The van der Waals surface area contributed by atoms with Crippen LogP contribution < -0.4 is 11.5 Å². The number of hydrogen-bond acceptors (Lipinski definition) is 18. The topological polar surface area (TPSA) is 324 Å². The molecule has 4 N–H and O–H groups in total. The second-order valence-electron chi connectivity index (χ2n) is 21.5. The van der Waals surface area contributed by atoms with Crippen molar-refractivity contribution in [2.24, 2.45) is 45.7 Å². The lowest BCUT2D eigenvalue weighted by Gasteiger charge is -2.16. The molecule has 0 bridgehead atoms. The van der Waals surface area contributed by atoms with Crippen LogP contribution in [0.15, 0.2) is 136 Å². The lowest BCUT2D eigenvalue weighted by atomic mass is 9.91. The van der Waals surface area contributed by atoms with Gasteiger partial charge < -0.3 is 11.5 Å². The molecule has 0 atom stereocenters. The molecule has 0 amide bonds. The van der Waals surface area contributed by atoms with E-state index in [2.05, 4.69) is 53.9 Å². The van der Waals surface area contributed by atoms with Crippen LogP contribution >= 0.6 is 0 Å². The van der Waals surface area contributed by atoms with Crippen LogP contribution in [-0.2, 0) is 16.2 Å². The molecule has 24 nitrogen and oxygen atoms in total.